The molecule has 22 heavy (non-hydrogen) atoms. The second kappa shape index (κ2) is 7.12. The molecule has 6 heteroatoms. The molecule has 0 atom stereocenters. The summed E-state index contributed by atoms with van der Waals surface area (Å²) < 4.78 is 0. The van der Waals surface area contributed by atoms with Crippen LogP contribution in [0.4, 0.5) is 5.69 Å². The van der Waals surface area contributed by atoms with E-state index in [1.165, 1.54) is 18.2 Å². The molecule has 0 bridgehead atoms. The number of para-hydroxylation sites is 1. The minimum Gasteiger partial charge on any atom is -0.267 e. The lowest BCUT2D eigenvalue weighted by Crippen LogP contribution is -2.20. The van der Waals surface area contributed by atoms with Gasteiger partial charge in [0.1, 0.15) is 5.56 Å². The van der Waals surface area contributed by atoms with Crippen molar-refractivity contribution < 1.29 is 9.72 Å². The van der Waals surface area contributed by atoms with Crippen molar-refractivity contribution in [3.05, 3.63) is 75.8 Å². The molecule has 1 N–H and O–H groups in total. The van der Waals surface area contributed by atoms with Crippen LogP contribution in [0, 0.1) is 10.1 Å². The SMILES string of the molecule is CC(Cc1ccccc1)=NNC(=O)c1ccccc1[N+](=O)[O-]. The number of carbonyl (C=O) groups excluding carboxylic acids is 1. The van der Waals surface area contributed by atoms with Gasteiger partial charge in [0.25, 0.3) is 11.6 Å². The van der Waals surface area contributed by atoms with Crippen LogP contribution in [-0.2, 0) is 6.42 Å². The zero-order chi connectivity index (χ0) is 15.9. The van der Waals surface area contributed by atoms with E-state index < -0.39 is 10.8 Å². The summed E-state index contributed by atoms with van der Waals surface area (Å²) in [7, 11) is 0. The number of nitro groups is 1. The van der Waals surface area contributed by atoms with Crippen LogP contribution >= 0.6 is 0 Å². The summed E-state index contributed by atoms with van der Waals surface area (Å²) in [6.07, 6.45) is 0.595. The molecule has 2 aromatic rings. The number of carbonyl (C=O) groups is 1. The van der Waals surface area contributed by atoms with Crippen LogP contribution < -0.4 is 5.43 Å². The fourth-order valence-electron chi connectivity index (χ4n) is 1.96. The van der Waals surface area contributed by atoms with Gasteiger partial charge in [-0.05, 0) is 18.6 Å². The van der Waals surface area contributed by atoms with Gasteiger partial charge in [-0.2, -0.15) is 5.10 Å². The first kappa shape index (κ1) is 15.4. The number of amides is 1. The first-order chi connectivity index (χ1) is 10.6. The summed E-state index contributed by atoms with van der Waals surface area (Å²) in [6.45, 7) is 1.78. The van der Waals surface area contributed by atoms with Gasteiger partial charge >= 0.3 is 0 Å². The third-order valence-electron chi connectivity index (χ3n) is 3.00. The predicted octanol–water partition coefficient (Wildman–Crippen LogP) is 2.94. The summed E-state index contributed by atoms with van der Waals surface area (Å²) in [5, 5.41) is 14.9. The van der Waals surface area contributed by atoms with Gasteiger partial charge < -0.3 is 0 Å². The Hall–Kier alpha value is -3.02. The number of benzene rings is 2. The fraction of sp³-hybridized carbons (Fsp3) is 0.125. The van der Waals surface area contributed by atoms with E-state index in [4.69, 9.17) is 0 Å². The van der Waals surface area contributed by atoms with Crippen molar-refractivity contribution in [2.75, 3.05) is 0 Å². The van der Waals surface area contributed by atoms with Gasteiger partial charge in [0.05, 0.1) is 4.92 Å². The number of hydrogen-bond donors (Lipinski definition) is 1. The highest BCUT2D eigenvalue weighted by Gasteiger charge is 2.18. The Bertz CT molecular complexity index is 712. The molecule has 0 aliphatic carbocycles. The molecule has 0 aromatic heterocycles. The normalized spacial score (nSPS) is 11.0. The van der Waals surface area contributed by atoms with Gasteiger partial charge in [-0.25, -0.2) is 5.43 Å². The average molecular weight is 297 g/mol. The van der Waals surface area contributed by atoms with Crippen molar-refractivity contribution in [3.63, 3.8) is 0 Å². The second-order valence-corrected chi connectivity index (χ2v) is 4.72. The Morgan fingerprint density at radius 3 is 2.45 bits per heavy atom. The molecule has 0 fully saturated rings. The monoisotopic (exact) mass is 297 g/mol. The number of hydrogen-bond acceptors (Lipinski definition) is 4. The lowest BCUT2D eigenvalue weighted by molar-refractivity contribution is -0.385. The van der Waals surface area contributed by atoms with Crippen LogP contribution in [0.2, 0.25) is 0 Å². The Balaban J connectivity index is 2.06. The highest BCUT2D eigenvalue weighted by atomic mass is 16.6. The highest BCUT2D eigenvalue weighted by Crippen LogP contribution is 2.17. The van der Waals surface area contributed by atoms with Crippen LogP contribution in [-0.4, -0.2) is 16.5 Å². The van der Waals surface area contributed by atoms with Gasteiger partial charge in [-0.3, -0.25) is 14.9 Å². The minimum atomic E-state index is -0.597. The maximum absolute atomic E-state index is 12.0. The Morgan fingerprint density at radius 2 is 1.77 bits per heavy atom. The Kier molecular flexibility index (Phi) is 4.98. The van der Waals surface area contributed by atoms with Crippen molar-refractivity contribution in [3.8, 4) is 0 Å². The summed E-state index contributed by atoms with van der Waals surface area (Å²) in [5.41, 5.74) is 3.89. The van der Waals surface area contributed by atoms with E-state index in [1.807, 2.05) is 30.3 Å². The molecule has 0 aliphatic rings. The predicted molar refractivity (Wildman–Crippen MR) is 83.8 cm³/mol. The van der Waals surface area contributed by atoms with Gasteiger partial charge in [0, 0.05) is 18.2 Å². The average Bonchev–Trinajstić information content (AvgIpc) is 2.53. The summed E-state index contributed by atoms with van der Waals surface area (Å²) in [5.74, 6) is -0.597. The molecule has 0 heterocycles. The second-order valence-electron chi connectivity index (χ2n) is 4.72. The van der Waals surface area contributed by atoms with Crippen molar-refractivity contribution in [2.24, 2.45) is 5.10 Å². The largest absolute Gasteiger partial charge is 0.282 e. The lowest BCUT2D eigenvalue weighted by Gasteiger charge is -2.04. The maximum Gasteiger partial charge on any atom is 0.282 e. The van der Waals surface area contributed by atoms with Gasteiger partial charge in [0.15, 0.2) is 0 Å². The maximum atomic E-state index is 12.0. The fourth-order valence-corrected chi connectivity index (χ4v) is 1.96. The van der Waals surface area contributed by atoms with Crippen LogP contribution in [0.5, 0.6) is 0 Å². The van der Waals surface area contributed by atoms with Crippen molar-refractivity contribution in [1.82, 2.24) is 5.43 Å². The molecular weight excluding hydrogens is 282 g/mol. The summed E-state index contributed by atoms with van der Waals surface area (Å²) in [4.78, 5) is 22.3. The third-order valence-corrected chi connectivity index (χ3v) is 3.00. The Labute approximate surface area is 127 Å². The van der Waals surface area contributed by atoms with Gasteiger partial charge in [0.2, 0.25) is 0 Å². The third kappa shape index (κ3) is 3.99. The van der Waals surface area contributed by atoms with E-state index in [1.54, 1.807) is 13.0 Å². The van der Waals surface area contributed by atoms with E-state index in [0.29, 0.717) is 12.1 Å². The highest BCUT2D eigenvalue weighted by molar-refractivity contribution is 5.98. The first-order valence-corrected chi connectivity index (χ1v) is 6.69. The molecule has 0 saturated carbocycles. The standard InChI is InChI=1S/C16H15N3O3/c1-12(11-13-7-3-2-4-8-13)17-18-16(20)14-9-5-6-10-15(14)19(21)22/h2-10H,11H2,1H3,(H,18,20). The quantitative estimate of drug-likeness (QED) is 0.523. The van der Waals surface area contributed by atoms with E-state index in [2.05, 4.69) is 10.5 Å². The molecule has 2 aromatic carbocycles. The molecule has 1 amide bonds. The molecule has 6 nitrogen and oxygen atoms in total. The number of rotatable bonds is 5. The van der Waals surface area contributed by atoms with Crippen LogP contribution in [0.3, 0.4) is 0 Å². The zero-order valence-electron chi connectivity index (χ0n) is 12.0. The number of nitrogens with one attached hydrogen (secondary N) is 1. The molecule has 2 rings (SSSR count). The van der Waals surface area contributed by atoms with E-state index in [-0.39, 0.29) is 11.3 Å². The van der Waals surface area contributed by atoms with Gasteiger partial charge in [-0.15, -0.1) is 0 Å². The van der Waals surface area contributed by atoms with Crippen molar-refractivity contribution in [1.29, 1.82) is 0 Å². The lowest BCUT2D eigenvalue weighted by atomic mass is 10.1. The van der Waals surface area contributed by atoms with Crippen LogP contribution in [0.1, 0.15) is 22.8 Å². The van der Waals surface area contributed by atoms with E-state index >= 15 is 0 Å². The molecular formula is C16H15N3O3. The summed E-state index contributed by atoms with van der Waals surface area (Å²) >= 11 is 0. The van der Waals surface area contributed by atoms with E-state index in [0.717, 1.165) is 5.56 Å². The first-order valence-electron chi connectivity index (χ1n) is 6.69. The summed E-state index contributed by atoms with van der Waals surface area (Å²) in [6, 6.07) is 15.5. The van der Waals surface area contributed by atoms with E-state index in [9.17, 15) is 14.9 Å². The van der Waals surface area contributed by atoms with Crippen molar-refractivity contribution in [2.45, 2.75) is 13.3 Å². The molecule has 0 saturated heterocycles. The van der Waals surface area contributed by atoms with Crippen molar-refractivity contribution >= 4 is 17.3 Å². The number of nitrogens with zero attached hydrogens (tertiary/aromatic N) is 2. The molecule has 0 aliphatic heterocycles. The molecule has 112 valence electrons. The molecule has 0 spiro atoms. The van der Waals surface area contributed by atoms with Crippen LogP contribution in [0.25, 0.3) is 0 Å². The van der Waals surface area contributed by atoms with Gasteiger partial charge in [-0.1, -0.05) is 42.5 Å². The minimum absolute atomic E-state index is 0.0104. The topological polar surface area (TPSA) is 84.6 Å². The Morgan fingerprint density at radius 1 is 1.14 bits per heavy atom. The zero-order valence-corrected chi connectivity index (χ0v) is 12.0. The molecule has 0 unspecified atom stereocenters. The number of nitro benzene ring substituents is 1. The molecule has 0 radical (unpaired) electrons. The number of hydrazone groups is 1. The smallest absolute Gasteiger partial charge is 0.267 e. The van der Waals surface area contributed by atoms with Crippen LogP contribution in [0.15, 0.2) is 59.7 Å².